The lowest BCUT2D eigenvalue weighted by molar-refractivity contribution is 0.0672. The molecule has 0 radical (unpaired) electrons. The van der Waals surface area contributed by atoms with Gasteiger partial charge in [0, 0.05) is 12.2 Å². The van der Waals surface area contributed by atoms with E-state index in [1.165, 1.54) is 6.07 Å². The Bertz CT molecular complexity index is 599. The molecule has 6 heteroatoms. The van der Waals surface area contributed by atoms with Crippen LogP contribution in [0, 0.1) is 0 Å². The van der Waals surface area contributed by atoms with E-state index in [1.807, 2.05) is 20.8 Å². The molecule has 1 aliphatic heterocycles. The molecule has 0 amide bonds. The first-order chi connectivity index (χ1) is 9.68. The maximum absolute atomic E-state index is 11.5. The molecule has 1 aromatic rings. The highest BCUT2D eigenvalue weighted by Gasteiger charge is 2.23. The number of benzene rings is 1. The minimum atomic E-state index is -3.71. The number of hydrogen-bond acceptors (Lipinski definition) is 4. The van der Waals surface area contributed by atoms with Crippen molar-refractivity contribution in [2.24, 2.45) is 5.14 Å². The Morgan fingerprint density at radius 3 is 2.62 bits per heavy atom. The zero-order valence-corrected chi connectivity index (χ0v) is 13.6. The van der Waals surface area contributed by atoms with Gasteiger partial charge in [-0.05, 0) is 36.5 Å². The maximum Gasteiger partial charge on any atom is 0.238 e. The van der Waals surface area contributed by atoms with Crippen molar-refractivity contribution in [1.29, 1.82) is 0 Å². The summed E-state index contributed by atoms with van der Waals surface area (Å²) in [6, 6.07) is 4.75. The number of nitrogens with two attached hydrogens (primary N) is 1. The summed E-state index contributed by atoms with van der Waals surface area (Å²) in [6.45, 7) is 7.29. The normalized spacial score (nSPS) is 19.7. The van der Waals surface area contributed by atoms with Gasteiger partial charge in [0.2, 0.25) is 10.0 Å². The van der Waals surface area contributed by atoms with Gasteiger partial charge in [0.15, 0.2) is 0 Å². The zero-order valence-electron chi connectivity index (χ0n) is 12.8. The van der Waals surface area contributed by atoms with Gasteiger partial charge in [0.25, 0.3) is 0 Å². The summed E-state index contributed by atoms with van der Waals surface area (Å²) in [4.78, 5) is 0.108. The molecule has 0 saturated carbocycles. The van der Waals surface area contributed by atoms with Crippen molar-refractivity contribution in [2.45, 2.75) is 50.0 Å². The van der Waals surface area contributed by atoms with Crippen LogP contribution in [0.25, 0.3) is 0 Å². The first-order valence-corrected chi connectivity index (χ1v) is 8.64. The third-order valence-electron chi connectivity index (χ3n) is 3.54. The highest BCUT2D eigenvalue weighted by atomic mass is 32.2. The average Bonchev–Trinajstić information content (AvgIpc) is 2.87. The fourth-order valence-electron chi connectivity index (χ4n) is 2.36. The molecule has 1 aliphatic rings. The van der Waals surface area contributed by atoms with Gasteiger partial charge in [-0.3, -0.25) is 0 Å². The van der Waals surface area contributed by atoms with Crippen LogP contribution >= 0.6 is 0 Å². The number of rotatable bonds is 4. The van der Waals surface area contributed by atoms with Crippen LogP contribution in [0.2, 0.25) is 0 Å². The second kappa shape index (κ2) is 5.94. The maximum atomic E-state index is 11.5. The van der Waals surface area contributed by atoms with E-state index in [4.69, 9.17) is 14.6 Å². The average molecular weight is 313 g/mol. The van der Waals surface area contributed by atoms with Gasteiger partial charge in [-0.25, -0.2) is 13.6 Å². The fourth-order valence-corrected chi connectivity index (χ4v) is 2.90. The Hall–Kier alpha value is -1.11. The lowest BCUT2D eigenvalue weighted by Crippen LogP contribution is -2.20. The first kappa shape index (κ1) is 16.3. The molecule has 2 N–H and O–H groups in total. The number of primary sulfonamides is 1. The molecule has 1 unspecified atom stereocenters. The molecule has 1 aromatic carbocycles. The quantitative estimate of drug-likeness (QED) is 0.924. The third kappa shape index (κ3) is 4.18. The molecule has 118 valence electrons. The molecule has 0 bridgehead atoms. The van der Waals surface area contributed by atoms with Gasteiger partial charge < -0.3 is 9.47 Å². The van der Waals surface area contributed by atoms with E-state index < -0.39 is 10.0 Å². The number of sulfonamides is 1. The summed E-state index contributed by atoms with van der Waals surface area (Å²) >= 11 is 0. The highest BCUT2D eigenvalue weighted by molar-refractivity contribution is 7.89. The van der Waals surface area contributed by atoms with Crippen LogP contribution < -0.4 is 9.88 Å². The van der Waals surface area contributed by atoms with Gasteiger partial charge in [-0.15, -0.1) is 0 Å². The van der Waals surface area contributed by atoms with E-state index in [0.717, 1.165) is 25.0 Å². The first-order valence-electron chi connectivity index (χ1n) is 7.09. The van der Waals surface area contributed by atoms with Crippen LogP contribution in [0.1, 0.15) is 39.2 Å². The summed E-state index contributed by atoms with van der Waals surface area (Å²) in [7, 11) is -3.71. The van der Waals surface area contributed by atoms with Crippen LogP contribution in [-0.2, 0) is 20.2 Å². The van der Waals surface area contributed by atoms with Crippen LogP contribution in [-0.4, -0.2) is 27.7 Å². The van der Waals surface area contributed by atoms with E-state index in [2.05, 4.69) is 0 Å². The molecule has 0 aromatic heterocycles. The SMILES string of the molecule is CC(C)(C)c1cc(S(N)(=O)=O)ccc1OCC1CCCO1. The summed E-state index contributed by atoms with van der Waals surface area (Å²) in [5, 5.41) is 5.20. The van der Waals surface area contributed by atoms with Crippen LogP contribution in [0.15, 0.2) is 23.1 Å². The number of hydrogen-bond donors (Lipinski definition) is 1. The fraction of sp³-hybridized carbons (Fsp3) is 0.600. The Morgan fingerprint density at radius 2 is 2.10 bits per heavy atom. The van der Waals surface area contributed by atoms with Crippen molar-refractivity contribution in [2.75, 3.05) is 13.2 Å². The predicted molar refractivity (Wildman–Crippen MR) is 81.0 cm³/mol. The summed E-state index contributed by atoms with van der Waals surface area (Å²) in [5.74, 6) is 0.686. The van der Waals surface area contributed by atoms with E-state index in [1.54, 1.807) is 12.1 Å². The van der Waals surface area contributed by atoms with E-state index >= 15 is 0 Å². The summed E-state index contributed by atoms with van der Waals surface area (Å²) in [6.07, 6.45) is 2.18. The minimum absolute atomic E-state index is 0.108. The second-order valence-corrected chi connectivity index (χ2v) is 7.96. The van der Waals surface area contributed by atoms with E-state index in [-0.39, 0.29) is 16.4 Å². The molecule has 1 fully saturated rings. The van der Waals surface area contributed by atoms with Crippen molar-refractivity contribution < 1.29 is 17.9 Å². The predicted octanol–water partition coefficient (Wildman–Crippen LogP) is 2.19. The van der Waals surface area contributed by atoms with Crippen LogP contribution in [0.4, 0.5) is 0 Å². The van der Waals surface area contributed by atoms with Gasteiger partial charge in [0.1, 0.15) is 12.4 Å². The van der Waals surface area contributed by atoms with Crippen molar-refractivity contribution >= 4 is 10.0 Å². The monoisotopic (exact) mass is 313 g/mol. The largest absolute Gasteiger partial charge is 0.491 e. The summed E-state index contributed by atoms with van der Waals surface area (Å²) < 4.78 is 34.4. The Morgan fingerprint density at radius 1 is 1.38 bits per heavy atom. The standard InChI is InChI=1S/C15H23NO4S/c1-15(2,3)13-9-12(21(16,17)18)6-7-14(13)20-10-11-5-4-8-19-11/h6-7,9,11H,4-5,8,10H2,1-3H3,(H2,16,17,18). The zero-order chi connectivity index (χ0) is 15.7. The van der Waals surface area contributed by atoms with Crippen LogP contribution in [0.3, 0.4) is 0 Å². The van der Waals surface area contributed by atoms with Gasteiger partial charge in [-0.2, -0.15) is 0 Å². The molecular formula is C15H23NO4S. The molecule has 1 saturated heterocycles. The summed E-state index contributed by atoms with van der Waals surface area (Å²) in [5.41, 5.74) is 0.582. The van der Waals surface area contributed by atoms with Gasteiger partial charge in [-0.1, -0.05) is 20.8 Å². The molecule has 2 rings (SSSR count). The topological polar surface area (TPSA) is 78.6 Å². The third-order valence-corrected chi connectivity index (χ3v) is 4.45. The second-order valence-electron chi connectivity index (χ2n) is 6.40. The van der Waals surface area contributed by atoms with Crippen molar-refractivity contribution in [1.82, 2.24) is 0 Å². The van der Waals surface area contributed by atoms with Crippen molar-refractivity contribution in [3.05, 3.63) is 23.8 Å². The van der Waals surface area contributed by atoms with E-state index in [0.29, 0.717) is 12.4 Å². The van der Waals surface area contributed by atoms with Crippen LogP contribution in [0.5, 0.6) is 5.75 Å². The molecule has 21 heavy (non-hydrogen) atoms. The molecule has 0 spiro atoms. The smallest absolute Gasteiger partial charge is 0.238 e. The molecular weight excluding hydrogens is 290 g/mol. The molecule has 5 nitrogen and oxygen atoms in total. The number of ether oxygens (including phenoxy) is 2. The van der Waals surface area contributed by atoms with Crippen molar-refractivity contribution in [3.8, 4) is 5.75 Å². The molecule has 1 atom stereocenters. The Kier molecular flexibility index (Phi) is 4.60. The molecule has 0 aliphatic carbocycles. The lowest BCUT2D eigenvalue weighted by atomic mass is 9.86. The van der Waals surface area contributed by atoms with E-state index in [9.17, 15) is 8.42 Å². The highest BCUT2D eigenvalue weighted by Crippen LogP contribution is 2.33. The Labute approximate surface area is 126 Å². The van der Waals surface area contributed by atoms with Gasteiger partial charge in [0.05, 0.1) is 11.0 Å². The molecule has 1 heterocycles. The lowest BCUT2D eigenvalue weighted by Gasteiger charge is -2.24. The Balaban J connectivity index is 2.27. The van der Waals surface area contributed by atoms with Crippen molar-refractivity contribution in [3.63, 3.8) is 0 Å². The minimum Gasteiger partial charge on any atom is -0.491 e. The van der Waals surface area contributed by atoms with Gasteiger partial charge >= 0.3 is 0 Å².